The van der Waals surface area contributed by atoms with Crippen LogP contribution in [0.3, 0.4) is 0 Å². The predicted octanol–water partition coefficient (Wildman–Crippen LogP) is 6.60. The zero-order valence-electron chi connectivity index (χ0n) is 13.6. The molecular formula is C23H23N. The average Bonchev–Trinajstić information content (AvgIpc) is 3.11. The summed E-state index contributed by atoms with van der Waals surface area (Å²) in [7, 11) is 0. The number of rotatable bonds is 2. The molecule has 0 saturated carbocycles. The molecule has 0 aliphatic carbocycles. The summed E-state index contributed by atoms with van der Waals surface area (Å²) in [6.07, 6.45) is 2.16. The molecule has 0 N–H and O–H groups in total. The summed E-state index contributed by atoms with van der Waals surface area (Å²) in [6, 6.07) is 20.5. The minimum Gasteiger partial charge on any atom is -0.308 e. The van der Waals surface area contributed by atoms with E-state index in [-0.39, 0.29) is 7.43 Å². The van der Waals surface area contributed by atoms with Crippen LogP contribution in [0.5, 0.6) is 0 Å². The Labute approximate surface area is 142 Å². The van der Waals surface area contributed by atoms with Gasteiger partial charge in [-0.1, -0.05) is 45.5 Å². The lowest BCUT2D eigenvalue weighted by Crippen LogP contribution is -1.82. The molecule has 2 heterocycles. The van der Waals surface area contributed by atoms with E-state index < -0.39 is 0 Å². The van der Waals surface area contributed by atoms with E-state index in [4.69, 9.17) is 0 Å². The molecular weight excluding hydrogens is 290 g/mol. The Morgan fingerprint density at radius 3 is 2.04 bits per heavy atom. The van der Waals surface area contributed by atoms with Crippen LogP contribution in [0.15, 0.2) is 54.6 Å². The van der Waals surface area contributed by atoms with Gasteiger partial charge in [-0.3, -0.25) is 0 Å². The van der Waals surface area contributed by atoms with Crippen molar-refractivity contribution in [2.45, 2.75) is 34.1 Å². The van der Waals surface area contributed by atoms with Crippen molar-refractivity contribution in [3.63, 3.8) is 0 Å². The fourth-order valence-corrected chi connectivity index (χ4v) is 4.03. The fraction of sp³-hybridized carbons (Fsp3) is 0.217. The Hall–Kier alpha value is -2.54. The van der Waals surface area contributed by atoms with Crippen molar-refractivity contribution in [2.75, 3.05) is 0 Å². The van der Waals surface area contributed by atoms with E-state index in [1.807, 2.05) is 0 Å². The van der Waals surface area contributed by atoms with Crippen LogP contribution in [-0.2, 0) is 12.8 Å². The van der Waals surface area contributed by atoms with Crippen LogP contribution in [0, 0.1) is 0 Å². The quantitative estimate of drug-likeness (QED) is 0.346. The van der Waals surface area contributed by atoms with Crippen LogP contribution < -0.4 is 0 Å². The van der Waals surface area contributed by atoms with E-state index in [2.05, 4.69) is 72.8 Å². The second-order valence-electron chi connectivity index (χ2n) is 6.45. The van der Waals surface area contributed by atoms with Gasteiger partial charge >= 0.3 is 0 Å². The number of para-hydroxylation sites is 1. The van der Waals surface area contributed by atoms with Gasteiger partial charge in [0.25, 0.3) is 0 Å². The third-order valence-electron chi connectivity index (χ3n) is 5.24. The van der Waals surface area contributed by atoms with Gasteiger partial charge in [0.05, 0.1) is 16.6 Å². The van der Waals surface area contributed by atoms with Crippen LogP contribution in [0.25, 0.3) is 38.1 Å². The first-order valence-corrected chi connectivity index (χ1v) is 8.51. The largest absolute Gasteiger partial charge is 0.308 e. The molecule has 1 nitrogen and oxygen atoms in total. The molecule has 0 saturated heterocycles. The van der Waals surface area contributed by atoms with Gasteiger partial charge in [-0.2, -0.15) is 0 Å². The molecule has 0 fully saturated rings. The number of fused-ring (bicyclic) bond motifs is 6. The molecule has 24 heavy (non-hydrogen) atoms. The lowest BCUT2D eigenvalue weighted by molar-refractivity contribution is 1.14. The van der Waals surface area contributed by atoms with Crippen molar-refractivity contribution in [2.24, 2.45) is 0 Å². The summed E-state index contributed by atoms with van der Waals surface area (Å²) in [4.78, 5) is 0. The van der Waals surface area contributed by atoms with Gasteiger partial charge in [0.1, 0.15) is 0 Å². The number of hydrogen-bond donors (Lipinski definition) is 0. The summed E-state index contributed by atoms with van der Waals surface area (Å²) in [5.74, 6) is 0. The van der Waals surface area contributed by atoms with Gasteiger partial charge in [0.15, 0.2) is 0 Å². The first-order chi connectivity index (χ1) is 11.3. The smallest absolute Gasteiger partial charge is 0.0620 e. The molecule has 0 radical (unpaired) electrons. The maximum Gasteiger partial charge on any atom is 0.0620 e. The lowest BCUT2D eigenvalue weighted by Gasteiger charge is -2.01. The first-order valence-electron chi connectivity index (χ1n) is 8.51. The SMILES string of the molecule is C.CCc1ccc2c(c1)c1cc(CC)cc3c4ccccc4n2c31. The van der Waals surface area contributed by atoms with Crippen molar-refractivity contribution in [1.82, 2.24) is 4.40 Å². The minimum absolute atomic E-state index is 0. The van der Waals surface area contributed by atoms with E-state index >= 15 is 0 Å². The third kappa shape index (κ3) is 1.76. The van der Waals surface area contributed by atoms with Crippen molar-refractivity contribution in [3.05, 3.63) is 65.7 Å². The zero-order chi connectivity index (χ0) is 15.6. The van der Waals surface area contributed by atoms with Crippen molar-refractivity contribution >= 4 is 38.1 Å². The van der Waals surface area contributed by atoms with Crippen LogP contribution in [-0.4, -0.2) is 4.40 Å². The third-order valence-corrected chi connectivity index (χ3v) is 5.24. The molecule has 2 aromatic heterocycles. The number of hydrogen-bond acceptors (Lipinski definition) is 0. The Morgan fingerprint density at radius 2 is 1.29 bits per heavy atom. The predicted molar refractivity (Wildman–Crippen MR) is 107 cm³/mol. The summed E-state index contributed by atoms with van der Waals surface area (Å²) < 4.78 is 2.45. The number of nitrogens with zero attached hydrogens (tertiary/aromatic N) is 1. The molecule has 0 bridgehead atoms. The fourth-order valence-electron chi connectivity index (χ4n) is 4.03. The number of aromatic nitrogens is 1. The van der Waals surface area contributed by atoms with Gasteiger partial charge in [-0.25, -0.2) is 0 Å². The second kappa shape index (κ2) is 5.24. The molecule has 5 rings (SSSR count). The highest BCUT2D eigenvalue weighted by molar-refractivity contribution is 6.23. The van der Waals surface area contributed by atoms with Crippen molar-refractivity contribution in [3.8, 4) is 0 Å². The molecule has 0 aliphatic heterocycles. The Balaban J connectivity index is 0.00000146. The second-order valence-corrected chi connectivity index (χ2v) is 6.45. The van der Waals surface area contributed by atoms with Crippen LogP contribution in [0.2, 0.25) is 0 Å². The molecule has 0 unspecified atom stereocenters. The van der Waals surface area contributed by atoms with E-state index in [0.29, 0.717) is 0 Å². The summed E-state index contributed by atoms with van der Waals surface area (Å²) in [5.41, 5.74) is 6.86. The molecule has 1 heteroatoms. The molecule has 0 aliphatic rings. The van der Waals surface area contributed by atoms with Crippen molar-refractivity contribution < 1.29 is 0 Å². The van der Waals surface area contributed by atoms with Crippen LogP contribution in [0.1, 0.15) is 32.4 Å². The maximum atomic E-state index is 2.45. The Kier molecular flexibility index (Phi) is 3.28. The summed E-state index contributed by atoms with van der Waals surface area (Å²) in [5, 5.41) is 5.56. The van der Waals surface area contributed by atoms with Gasteiger partial charge in [0, 0.05) is 21.5 Å². The minimum atomic E-state index is 0. The van der Waals surface area contributed by atoms with Gasteiger partial charge < -0.3 is 4.40 Å². The normalized spacial score (nSPS) is 11.8. The highest BCUT2D eigenvalue weighted by Crippen LogP contribution is 2.39. The number of benzene rings is 3. The average molecular weight is 313 g/mol. The Bertz CT molecular complexity index is 1180. The first kappa shape index (κ1) is 15.0. The molecule has 0 atom stereocenters. The summed E-state index contributed by atoms with van der Waals surface area (Å²) in [6.45, 7) is 4.47. The highest BCUT2D eigenvalue weighted by Gasteiger charge is 2.17. The molecule has 3 aromatic carbocycles. The monoisotopic (exact) mass is 313 g/mol. The van der Waals surface area contributed by atoms with Gasteiger partial charge in [0.2, 0.25) is 0 Å². The van der Waals surface area contributed by atoms with Crippen molar-refractivity contribution in [1.29, 1.82) is 0 Å². The van der Waals surface area contributed by atoms with Crippen LogP contribution in [0.4, 0.5) is 0 Å². The molecule has 0 amide bonds. The van der Waals surface area contributed by atoms with E-state index in [9.17, 15) is 0 Å². The maximum absolute atomic E-state index is 2.45. The standard InChI is InChI=1S/C22H19N.CH4/c1-3-14-9-10-21-17(11-14)19-13-15(4-2)12-18-16-7-5-6-8-20(16)23(21)22(18)19;/h5-13H,3-4H2,1-2H3;1H4. The molecule has 120 valence electrons. The molecule has 0 spiro atoms. The molecule has 5 aromatic rings. The Morgan fingerprint density at radius 1 is 0.667 bits per heavy atom. The topological polar surface area (TPSA) is 4.41 Å². The summed E-state index contributed by atoms with van der Waals surface area (Å²) >= 11 is 0. The lowest BCUT2D eigenvalue weighted by atomic mass is 10.0. The van der Waals surface area contributed by atoms with E-state index in [0.717, 1.165) is 12.8 Å². The van der Waals surface area contributed by atoms with Gasteiger partial charge in [-0.05, 0) is 54.3 Å². The zero-order valence-corrected chi connectivity index (χ0v) is 13.6. The van der Waals surface area contributed by atoms with E-state index in [1.54, 1.807) is 0 Å². The number of aryl methyl sites for hydroxylation is 2. The van der Waals surface area contributed by atoms with E-state index in [1.165, 1.54) is 49.2 Å². The van der Waals surface area contributed by atoms with Gasteiger partial charge in [-0.15, -0.1) is 0 Å². The van der Waals surface area contributed by atoms with Crippen LogP contribution >= 0.6 is 0 Å². The highest BCUT2D eigenvalue weighted by atomic mass is 14.9.